The van der Waals surface area contributed by atoms with Gasteiger partial charge in [-0.2, -0.15) is 0 Å². The Morgan fingerprint density at radius 1 is 1.20 bits per heavy atom. The van der Waals surface area contributed by atoms with Gasteiger partial charge in [0.15, 0.2) is 0 Å². The molecule has 1 saturated heterocycles. The van der Waals surface area contributed by atoms with Gasteiger partial charge in [0.2, 0.25) is 5.91 Å². The Labute approximate surface area is 207 Å². The van der Waals surface area contributed by atoms with Crippen molar-refractivity contribution in [3.8, 4) is 0 Å². The average molecular weight is 501 g/mol. The van der Waals surface area contributed by atoms with Crippen molar-refractivity contribution in [2.75, 3.05) is 19.8 Å². The minimum atomic E-state index is -3.81. The Morgan fingerprint density at radius 3 is 2.63 bits per heavy atom. The molecule has 1 fully saturated rings. The first-order valence-corrected chi connectivity index (χ1v) is 13.9. The molecule has 0 unspecified atom stereocenters. The van der Waals surface area contributed by atoms with Crippen LogP contribution in [0.1, 0.15) is 58.3 Å². The molecule has 4 rings (SSSR count). The maximum absolute atomic E-state index is 13.4. The quantitative estimate of drug-likeness (QED) is 0.481. The van der Waals surface area contributed by atoms with Gasteiger partial charge in [0, 0.05) is 44.1 Å². The van der Waals surface area contributed by atoms with Gasteiger partial charge in [-0.25, -0.2) is 17.4 Å². The van der Waals surface area contributed by atoms with E-state index in [2.05, 4.69) is 30.7 Å². The molecule has 1 aromatic carbocycles. The van der Waals surface area contributed by atoms with Gasteiger partial charge in [0.1, 0.15) is 5.82 Å². The van der Waals surface area contributed by atoms with Crippen LogP contribution in [0.15, 0.2) is 41.6 Å². The molecule has 1 aliphatic heterocycles. The lowest BCUT2D eigenvalue weighted by molar-refractivity contribution is -0.120. The summed E-state index contributed by atoms with van der Waals surface area (Å²) in [5.74, 6) is 1.37. The highest BCUT2D eigenvalue weighted by Crippen LogP contribution is 2.32. The fourth-order valence-corrected chi connectivity index (χ4v) is 5.80. The minimum Gasteiger partial charge on any atom is -0.381 e. The maximum Gasteiger partial charge on any atom is 0.267 e. The summed E-state index contributed by atoms with van der Waals surface area (Å²) < 4.78 is 35.8. The Bertz CT molecular complexity index is 1300. The van der Waals surface area contributed by atoms with E-state index in [1.807, 2.05) is 13.0 Å². The van der Waals surface area contributed by atoms with Crippen molar-refractivity contribution in [2.24, 2.45) is 5.92 Å². The van der Waals surface area contributed by atoms with Crippen molar-refractivity contribution in [3.63, 3.8) is 0 Å². The summed E-state index contributed by atoms with van der Waals surface area (Å²) >= 11 is 0. The number of amides is 1. The van der Waals surface area contributed by atoms with Crippen LogP contribution in [-0.2, 0) is 37.9 Å². The lowest BCUT2D eigenvalue weighted by Gasteiger charge is -2.28. The highest BCUT2D eigenvalue weighted by atomic mass is 32.2. The second-order valence-electron chi connectivity index (χ2n) is 9.97. The molecular formula is C26H36N4O4S. The van der Waals surface area contributed by atoms with Gasteiger partial charge < -0.3 is 14.6 Å². The summed E-state index contributed by atoms with van der Waals surface area (Å²) in [7, 11) is -3.81. The van der Waals surface area contributed by atoms with Crippen LogP contribution < -0.4 is 5.32 Å². The molecule has 1 aliphatic rings. The predicted molar refractivity (Wildman–Crippen MR) is 136 cm³/mol. The summed E-state index contributed by atoms with van der Waals surface area (Å²) in [6.07, 6.45) is 6.09. The summed E-state index contributed by atoms with van der Waals surface area (Å²) in [6, 6.07) is 6.87. The molecule has 1 N–H and O–H groups in total. The number of nitrogens with zero attached hydrogens (tertiary/aromatic N) is 3. The summed E-state index contributed by atoms with van der Waals surface area (Å²) in [6.45, 7) is 11.3. The first kappa shape index (κ1) is 25.4. The molecule has 9 heteroatoms. The van der Waals surface area contributed by atoms with Crippen molar-refractivity contribution in [1.29, 1.82) is 0 Å². The van der Waals surface area contributed by atoms with E-state index in [-0.39, 0.29) is 22.6 Å². The number of carbonyl (C=O) groups excluding carboxylic acids is 1. The lowest BCUT2D eigenvalue weighted by Crippen LogP contribution is -2.26. The van der Waals surface area contributed by atoms with Crippen molar-refractivity contribution in [1.82, 2.24) is 18.8 Å². The summed E-state index contributed by atoms with van der Waals surface area (Å²) in [5, 5.41) is 2.73. The predicted octanol–water partition coefficient (Wildman–Crippen LogP) is 3.87. The topological polar surface area (TPSA) is 95.2 Å². The third-order valence-electron chi connectivity index (χ3n) is 7.03. The number of fused-ring (bicyclic) bond motifs is 1. The molecule has 3 heterocycles. The Kier molecular flexibility index (Phi) is 7.38. The smallest absolute Gasteiger partial charge is 0.267 e. The largest absolute Gasteiger partial charge is 0.381 e. The van der Waals surface area contributed by atoms with Gasteiger partial charge in [0.05, 0.1) is 22.3 Å². The fourth-order valence-electron chi connectivity index (χ4n) is 4.56. The van der Waals surface area contributed by atoms with E-state index in [0.717, 1.165) is 50.4 Å². The molecule has 35 heavy (non-hydrogen) atoms. The van der Waals surface area contributed by atoms with Crippen LogP contribution in [0.3, 0.4) is 0 Å². The molecular weight excluding hydrogens is 464 g/mol. The van der Waals surface area contributed by atoms with Crippen molar-refractivity contribution >= 4 is 27.0 Å². The van der Waals surface area contributed by atoms with Crippen LogP contribution in [0.25, 0.3) is 11.0 Å². The number of likely N-dealkylation sites (N-methyl/N-ethyl adjacent to an activating group) is 1. The Balaban J connectivity index is 1.69. The molecule has 0 bridgehead atoms. The van der Waals surface area contributed by atoms with Crippen LogP contribution in [-0.4, -0.2) is 47.6 Å². The zero-order valence-corrected chi connectivity index (χ0v) is 21.9. The van der Waals surface area contributed by atoms with E-state index in [9.17, 15) is 13.2 Å². The molecule has 0 aliphatic carbocycles. The van der Waals surface area contributed by atoms with Gasteiger partial charge in [0.25, 0.3) is 10.0 Å². The van der Waals surface area contributed by atoms with E-state index in [0.29, 0.717) is 23.5 Å². The van der Waals surface area contributed by atoms with Crippen LogP contribution >= 0.6 is 0 Å². The second kappa shape index (κ2) is 10.1. The monoisotopic (exact) mass is 500 g/mol. The average Bonchev–Trinajstić information content (AvgIpc) is 3.45. The van der Waals surface area contributed by atoms with Gasteiger partial charge in [-0.15, -0.1) is 0 Å². The normalized spacial score (nSPS) is 15.5. The van der Waals surface area contributed by atoms with Crippen LogP contribution in [0, 0.1) is 5.92 Å². The molecule has 1 amide bonds. The molecule has 8 nitrogen and oxygen atoms in total. The zero-order valence-electron chi connectivity index (χ0n) is 21.1. The van der Waals surface area contributed by atoms with Crippen molar-refractivity contribution < 1.29 is 17.9 Å². The van der Waals surface area contributed by atoms with Crippen LogP contribution in [0.2, 0.25) is 0 Å². The number of hydrogen-bond acceptors (Lipinski definition) is 5. The lowest BCUT2D eigenvalue weighted by atomic mass is 9.89. The third kappa shape index (κ3) is 5.30. The van der Waals surface area contributed by atoms with Crippen LogP contribution in [0.5, 0.6) is 0 Å². The molecule has 190 valence electrons. The number of nitrogens with one attached hydrogen (secondary N) is 1. The molecule has 0 saturated carbocycles. The maximum atomic E-state index is 13.4. The first-order chi connectivity index (χ1) is 16.7. The molecule has 0 spiro atoms. The number of hydrogen-bond donors (Lipinski definition) is 1. The van der Waals surface area contributed by atoms with Gasteiger partial charge in [-0.1, -0.05) is 20.8 Å². The number of aromatic nitrogens is 3. The Morgan fingerprint density at radius 2 is 1.94 bits per heavy atom. The van der Waals surface area contributed by atoms with Crippen LogP contribution in [0.4, 0.5) is 0 Å². The van der Waals surface area contributed by atoms with E-state index in [4.69, 9.17) is 9.72 Å². The molecule has 3 aromatic rings. The SMILES string of the molecule is CCNC(=O)Cc1ccn(S(=O)(=O)c2ccc3c(c2)nc(C(C)(C)CC)n3CC2CCOCC2)c1. The minimum absolute atomic E-state index is 0.134. The third-order valence-corrected chi connectivity index (χ3v) is 8.67. The van der Waals surface area contributed by atoms with Gasteiger partial charge in [-0.05, 0) is 61.9 Å². The summed E-state index contributed by atoms with van der Waals surface area (Å²) in [4.78, 5) is 17.0. The Hall–Kier alpha value is -2.65. The number of carbonyl (C=O) groups is 1. The van der Waals surface area contributed by atoms with E-state index in [1.165, 1.54) is 16.4 Å². The van der Waals surface area contributed by atoms with Crippen molar-refractivity contribution in [3.05, 3.63) is 48.0 Å². The molecule has 0 radical (unpaired) electrons. The second-order valence-corrected chi connectivity index (χ2v) is 11.8. The molecule has 0 atom stereocenters. The number of imidazole rings is 1. The van der Waals surface area contributed by atoms with Gasteiger partial charge >= 0.3 is 0 Å². The van der Waals surface area contributed by atoms with Crippen molar-refractivity contribution in [2.45, 2.75) is 70.2 Å². The van der Waals surface area contributed by atoms with E-state index >= 15 is 0 Å². The fraction of sp³-hybridized carbons (Fsp3) is 0.538. The zero-order chi connectivity index (χ0) is 25.2. The van der Waals surface area contributed by atoms with E-state index < -0.39 is 10.0 Å². The number of ether oxygens (including phenoxy) is 1. The highest BCUT2D eigenvalue weighted by molar-refractivity contribution is 7.90. The van der Waals surface area contributed by atoms with Gasteiger partial charge in [-0.3, -0.25) is 4.79 Å². The standard InChI is InChI=1S/C26H36N4O4S/c1-5-26(3,4)25-28-22-16-21(7-8-23(22)30(25)18-19-10-13-34-14-11-19)35(32,33)29-12-9-20(17-29)15-24(31)27-6-2/h7-9,12,16-17,19H,5-6,10-11,13-15,18H2,1-4H3,(H,27,31). The number of benzene rings is 1. The van der Waals surface area contributed by atoms with E-state index in [1.54, 1.807) is 18.2 Å². The molecule has 2 aromatic heterocycles. The number of rotatable bonds is 9. The summed E-state index contributed by atoms with van der Waals surface area (Å²) in [5.41, 5.74) is 2.14. The first-order valence-electron chi connectivity index (χ1n) is 12.4. The highest BCUT2D eigenvalue weighted by Gasteiger charge is 2.29.